The molecule has 0 aliphatic carbocycles. The maximum atomic E-state index is 12.1. The van der Waals surface area contributed by atoms with E-state index in [0.717, 1.165) is 11.3 Å². The lowest BCUT2D eigenvalue weighted by atomic mass is 10.3. The fourth-order valence-electron chi connectivity index (χ4n) is 1.70. The number of pyridine rings is 1. The summed E-state index contributed by atoms with van der Waals surface area (Å²) in [4.78, 5) is 43.4. The van der Waals surface area contributed by atoms with E-state index in [1.807, 2.05) is 6.07 Å². The molecule has 8 nitrogen and oxygen atoms in total. The second-order valence-electron chi connectivity index (χ2n) is 4.67. The summed E-state index contributed by atoms with van der Waals surface area (Å²) in [6.45, 7) is 1.05. The zero-order valence-electron chi connectivity index (χ0n) is 13.2. The molecular formula is C15H16N4O4S. The van der Waals surface area contributed by atoms with Crippen LogP contribution in [-0.2, 0) is 14.3 Å². The van der Waals surface area contributed by atoms with E-state index in [4.69, 9.17) is 4.74 Å². The number of thiazole rings is 1. The molecule has 0 aromatic carbocycles. The summed E-state index contributed by atoms with van der Waals surface area (Å²) >= 11 is 1.15. The Bertz CT molecular complexity index is 745. The average Bonchev–Trinajstić information content (AvgIpc) is 3.00. The van der Waals surface area contributed by atoms with Gasteiger partial charge >= 0.3 is 5.97 Å². The Labute approximate surface area is 142 Å². The number of aryl methyl sites for hydroxylation is 1. The number of carbonyl (C=O) groups is 3. The van der Waals surface area contributed by atoms with Crippen molar-refractivity contribution in [3.8, 4) is 10.7 Å². The third-order valence-electron chi connectivity index (χ3n) is 2.93. The topological polar surface area (TPSA) is 110 Å². The van der Waals surface area contributed by atoms with Gasteiger partial charge in [0.1, 0.15) is 9.88 Å². The molecule has 0 saturated carbocycles. The summed E-state index contributed by atoms with van der Waals surface area (Å²) in [6.07, 6.45) is 1.64. The van der Waals surface area contributed by atoms with Gasteiger partial charge in [0.15, 0.2) is 6.61 Å². The summed E-state index contributed by atoms with van der Waals surface area (Å²) in [7, 11) is 1.46. The summed E-state index contributed by atoms with van der Waals surface area (Å²) in [5.74, 6) is -1.53. The van der Waals surface area contributed by atoms with E-state index in [9.17, 15) is 14.4 Å². The van der Waals surface area contributed by atoms with Gasteiger partial charge < -0.3 is 15.4 Å². The van der Waals surface area contributed by atoms with Crippen molar-refractivity contribution in [2.75, 3.05) is 20.2 Å². The van der Waals surface area contributed by atoms with Crippen molar-refractivity contribution in [1.82, 2.24) is 20.6 Å². The highest BCUT2D eigenvalue weighted by Crippen LogP contribution is 2.26. The molecule has 0 atom stereocenters. The van der Waals surface area contributed by atoms with Crippen molar-refractivity contribution < 1.29 is 19.1 Å². The Morgan fingerprint density at radius 3 is 2.71 bits per heavy atom. The Kier molecular flexibility index (Phi) is 5.96. The first kappa shape index (κ1) is 17.5. The van der Waals surface area contributed by atoms with Crippen molar-refractivity contribution in [3.63, 3.8) is 0 Å². The predicted molar refractivity (Wildman–Crippen MR) is 87.4 cm³/mol. The number of ether oxygens (including phenoxy) is 1. The number of hydrogen-bond acceptors (Lipinski definition) is 7. The van der Waals surface area contributed by atoms with Crippen LogP contribution in [0.25, 0.3) is 10.7 Å². The fourth-order valence-corrected chi connectivity index (χ4v) is 2.64. The van der Waals surface area contributed by atoms with E-state index in [1.54, 1.807) is 25.3 Å². The van der Waals surface area contributed by atoms with Crippen molar-refractivity contribution in [2.45, 2.75) is 6.92 Å². The van der Waals surface area contributed by atoms with Crippen molar-refractivity contribution >= 4 is 29.1 Å². The lowest BCUT2D eigenvalue weighted by molar-refractivity contribution is -0.127. The maximum absolute atomic E-state index is 12.1. The van der Waals surface area contributed by atoms with Gasteiger partial charge in [-0.3, -0.25) is 14.6 Å². The van der Waals surface area contributed by atoms with Gasteiger partial charge in [0, 0.05) is 13.2 Å². The molecule has 2 amide bonds. The van der Waals surface area contributed by atoms with Crippen LogP contribution in [0.1, 0.15) is 15.4 Å². The lowest BCUT2D eigenvalue weighted by Gasteiger charge is -2.05. The number of nitrogens with one attached hydrogen (secondary N) is 2. The third-order valence-corrected chi connectivity index (χ3v) is 4.09. The van der Waals surface area contributed by atoms with Crippen LogP contribution in [0.4, 0.5) is 0 Å². The SMILES string of the molecule is CNC(=O)CNC(=O)COC(=O)c1sc(-c2ccccn2)nc1C. The van der Waals surface area contributed by atoms with Crippen LogP contribution in [0.2, 0.25) is 0 Å². The largest absolute Gasteiger partial charge is 0.451 e. The van der Waals surface area contributed by atoms with E-state index in [1.165, 1.54) is 7.05 Å². The molecule has 24 heavy (non-hydrogen) atoms. The number of hydrogen-bond donors (Lipinski definition) is 2. The van der Waals surface area contributed by atoms with Gasteiger partial charge in [0.25, 0.3) is 5.91 Å². The molecule has 0 radical (unpaired) electrons. The quantitative estimate of drug-likeness (QED) is 0.737. The van der Waals surface area contributed by atoms with Gasteiger partial charge in [-0.25, -0.2) is 9.78 Å². The highest BCUT2D eigenvalue weighted by atomic mass is 32.1. The van der Waals surface area contributed by atoms with Gasteiger partial charge in [0.2, 0.25) is 5.91 Å². The molecule has 0 spiro atoms. The first-order valence-electron chi connectivity index (χ1n) is 7.04. The second-order valence-corrected chi connectivity index (χ2v) is 5.67. The number of carbonyl (C=O) groups excluding carboxylic acids is 3. The number of esters is 1. The Morgan fingerprint density at radius 1 is 1.25 bits per heavy atom. The summed E-state index contributed by atoms with van der Waals surface area (Å²) in [6, 6.07) is 5.41. The van der Waals surface area contributed by atoms with Crippen LogP contribution in [0.15, 0.2) is 24.4 Å². The van der Waals surface area contributed by atoms with Crippen molar-refractivity contribution in [3.05, 3.63) is 35.0 Å². The van der Waals surface area contributed by atoms with Crippen LogP contribution >= 0.6 is 11.3 Å². The van der Waals surface area contributed by atoms with Crippen LogP contribution < -0.4 is 10.6 Å². The van der Waals surface area contributed by atoms with Crippen molar-refractivity contribution in [2.24, 2.45) is 0 Å². The minimum Gasteiger partial charge on any atom is -0.451 e. The molecule has 0 bridgehead atoms. The van der Waals surface area contributed by atoms with Gasteiger partial charge in [0.05, 0.1) is 17.9 Å². The molecule has 2 aromatic heterocycles. The first-order valence-corrected chi connectivity index (χ1v) is 7.86. The molecule has 0 saturated heterocycles. The number of aromatic nitrogens is 2. The number of amides is 2. The molecule has 2 N–H and O–H groups in total. The normalized spacial score (nSPS) is 10.1. The standard InChI is InChI=1S/C15H16N4O4S/c1-9-13(24-14(19-9)10-5-3-4-6-17-10)15(22)23-8-12(21)18-7-11(20)16-2/h3-6H,7-8H2,1-2H3,(H,16,20)(H,18,21). The highest BCUT2D eigenvalue weighted by Gasteiger charge is 2.19. The fraction of sp³-hybridized carbons (Fsp3) is 0.267. The van der Waals surface area contributed by atoms with Gasteiger partial charge in [-0.15, -0.1) is 11.3 Å². The smallest absolute Gasteiger partial charge is 0.350 e. The molecule has 2 heterocycles. The van der Waals surface area contributed by atoms with Crippen molar-refractivity contribution in [1.29, 1.82) is 0 Å². The van der Waals surface area contributed by atoms with Crippen LogP contribution in [0.5, 0.6) is 0 Å². The predicted octanol–water partition coefficient (Wildman–Crippen LogP) is 0.533. The highest BCUT2D eigenvalue weighted by molar-refractivity contribution is 7.17. The summed E-state index contributed by atoms with van der Waals surface area (Å²) in [5.41, 5.74) is 1.17. The van der Waals surface area contributed by atoms with Crippen LogP contribution in [-0.4, -0.2) is 48.0 Å². The molecule has 0 unspecified atom stereocenters. The number of rotatable bonds is 6. The monoisotopic (exact) mass is 348 g/mol. The Balaban J connectivity index is 1.94. The number of nitrogens with zero attached hydrogens (tertiary/aromatic N) is 2. The molecule has 9 heteroatoms. The first-order chi connectivity index (χ1) is 11.5. The molecule has 2 aromatic rings. The maximum Gasteiger partial charge on any atom is 0.350 e. The molecule has 2 rings (SSSR count). The molecule has 0 aliphatic rings. The molecule has 0 fully saturated rings. The van der Waals surface area contributed by atoms with E-state index in [2.05, 4.69) is 20.6 Å². The van der Waals surface area contributed by atoms with E-state index >= 15 is 0 Å². The molecule has 0 aliphatic heterocycles. The van der Waals surface area contributed by atoms with Crippen LogP contribution in [0.3, 0.4) is 0 Å². The second kappa shape index (κ2) is 8.16. The zero-order valence-corrected chi connectivity index (χ0v) is 14.0. The molecular weight excluding hydrogens is 332 g/mol. The van der Waals surface area contributed by atoms with Gasteiger partial charge in [-0.2, -0.15) is 0 Å². The summed E-state index contributed by atoms with van der Waals surface area (Å²) < 4.78 is 4.95. The van der Waals surface area contributed by atoms with E-state index in [-0.39, 0.29) is 12.5 Å². The van der Waals surface area contributed by atoms with E-state index in [0.29, 0.717) is 21.3 Å². The average molecular weight is 348 g/mol. The van der Waals surface area contributed by atoms with Gasteiger partial charge in [-0.05, 0) is 19.1 Å². The zero-order chi connectivity index (χ0) is 17.5. The van der Waals surface area contributed by atoms with Gasteiger partial charge in [-0.1, -0.05) is 6.07 Å². The Hall–Kier alpha value is -2.81. The minimum atomic E-state index is -0.637. The Morgan fingerprint density at radius 2 is 2.04 bits per heavy atom. The number of likely N-dealkylation sites (N-methyl/N-ethyl adjacent to an activating group) is 1. The third kappa shape index (κ3) is 4.59. The lowest BCUT2D eigenvalue weighted by Crippen LogP contribution is -2.37. The minimum absolute atomic E-state index is 0.170. The van der Waals surface area contributed by atoms with Crippen LogP contribution in [0, 0.1) is 6.92 Å². The summed E-state index contributed by atoms with van der Waals surface area (Å²) in [5, 5.41) is 5.30. The van der Waals surface area contributed by atoms with E-state index < -0.39 is 18.5 Å². The molecule has 126 valence electrons.